The fourth-order valence-corrected chi connectivity index (χ4v) is 4.01. The zero-order valence-corrected chi connectivity index (χ0v) is 16.0. The van der Waals surface area contributed by atoms with Crippen LogP contribution in [0.1, 0.15) is 35.3 Å². The van der Waals surface area contributed by atoms with E-state index >= 15 is 0 Å². The highest BCUT2D eigenvalue weighted by molar-refractivity contribution is 7.99. The van der Waals surface area contributed by atoms with Crippen molar-refractivity contribution in [3.8, 4) is 0 Å². The van der Waals surface area contributed by atoms with Crippen molar-refractivity contribution in [1.82, 2.24) is 9.88 Å². The summed E-state index contributed by atoms with van der Waals surface area (Å²) in [7, 11) is 0. The van der Waals surface area contributed by atoms with Gasteiger partial charge in [-0.1, -0.05) is 17.8 Å². The molecule has 2 heterocycles. The number of aromatic nitrogens is 1. The van der Waals surface area contributed by atoms with Crippen molar-refractivity contribution >= 4 is 17.7 Å². The number of rotatable bonds is 3. The first-order valence-corrected chi connectivity index (χ1v) is 9.40. The molecule has 1 amide bonds. The topological polar surface area (TPSA) is 42.4 Å². The molecule has 1 fully saturated rings. The molecule has 0 aliphatic carbocycles. The van der Waals surface area contributed by atoms with E-state index in [9.17, 15) is 4.79 Å². The van der Waals surface area contributed by atoms with Gasteiger partial charge in [0.05, 0.1) is 17.8 Å². The monoisotopic (exact) mass is 356 g/mol. The molecule has 1 aliphatic rings. The molecular weight excluding hydrogens is 332 g/mol. The van der Waals surface area contributed by atoms with Gasteiger partial charge in [-0.2, -0.15) is 0 Å². The highest BCUT2D eigenvalue weighted by Gasteiger charge is 2.28. The fraction of sp³-hybridized carbons (Fsp3) is 0.400. The SMILES string of the molecule is Cc1ccc(Sc2ncccc2C(=O)N2C[C@@H](C)O[C@H](C)C2)cc1C. The van der Waals surface area contributed by atoms with Crippen molar-refractivity contribution in [2.75, 3.05) is 13.1 Å². The summed E-state index contributed by atoms with van der Waals surface area (Å²) in [4.78, 5) is 20.5. The van der Waals surface area contributed by atoms with Gasteiger partial charge < -0.3 is 9.64 Å². The molecule has 25 heavy (non-hydrogen) atoms. The van der Waals surface area contributed by atoms with Crippen LogP contribution in [0.5, 0.6) is 0 Å². The normalized spacial score (nSPS) is 20.6. The second-order valence-corrected chi connectivity index (χ2v) is 7.73. The molecule has 1 saturated heterocycles. The quantitative estimate of drug-likeness (QED) is 0.830. The molecule has 4 nitrogen and oxygen atoms in total. The summed E-state index contributed by atoms with van der Waals surface area (Å²) in [6.07, 6.45) is 1.85. The molecule has 1 aromatic heterocycles. The minimum Gasteiger partial charge on any atom is -0.372 e. The van der Waals surface area contributed by atoms with Crippen molar-refractivity contribution in [3.05, 3.63) is 53.2 Å². The van der Waals surface area contributed by atoms with Gasteiger partial charge in [0.1, 0.15) is 5.03 Å². The Balaban J connectivity index is 1.85. The van der Waals surface area contributed by atoms with E-state index in [1.54, 1.807) is 18.0 Å². The summed E-state index contributed by atoms with van der Waals surface area (Å²) < 4.78 is 5.74. The Bertz CT molecular complexity index is 768. The van der Waals surface area contributed by atoms with Crippen molar-refractivity contribution in [3.63, 3.8) is 0 Å². The number of morpholine rings is 1. The summed E-state index contributed by atoms with van der Waals surface area (Å²) in [6.45, 7) is 9.44. The van der Waals surface area contributed by atoms with Crippen LogP contribution in [-0.4, -0.2) is 41.1 Å². The number of ether oxygens (including phenoxy) is 1. The van der Waals surface area contributed by atoms with Crippen molar-refractivity contribution < 1.29 is 9.53 Å². The molecule has 2 aromatic rings. The molecule has 0 saturated carbocycles. The highest BCUT2D eigenvalue weighted by atomic mass is 32.2. The molecule has 5 heteroatoms. The van der Waals surface area contributed by atoms with Crippen LogP contribution in [0.4, 0.5) is 0 Å². The van der Waals surface area contributed by atoms with Gasteiger partial charge >= 0.3 is 0 Å². The van der Waals surface area contributed by atoms with Gasteiger partial charge in [0.15, 0.2) is 0 Å². The molecule has 0 unspecified atom stereocenters. The van der Waals surface area contributed by atoms with E-state index < -0.39 is 0 Å². The summed E-state index contributed by atoms with van der Waals surface area (Å²) in [5.74, 6) is 0.0291. The zero-order valence-electron chi connectivity index (χ0n) is 15.2. The van der Waals surface area contributed by atoms with Crippen LogP contribution in [0.2, 0.25) is 0 Å². The zero-order chi connectivity index (χ0) is 18.0. The molecule has 0 bridgehead atoms. The Morgan fingerprint density at radius 1 is 1.16 bits per heavy atom. The standard InChI is InChI=1S/C20H24N2O2S/c1-13-7-8-17(10-14(13)2)25-19-18(6-5-9-21-19)20(23)22-11-15(3)24-16(4)12-22/h5-10,15-16H,11-12H2,1-4H3/t15-,16-/m1/s1. The van der Waals surface area contributed by atoms with E-state index in [4.69, 9.17) is 4.74 Å². The first-order valence-electron chi connectivity index (χ1n) is 8.59. The largest absolute Gasteiger partial charge is 0.372 e. The van der Waals surface area contributed by atoms with Gasteiger partial charge in [-0.25, -0.2) is 4.98 Å². The molecule has 0 N–H and O–H groups in total. The molecule has 1 aliphatic heterocycles. The lowest BCUT2D eigenvalue weighted by atomic mass is 10.1. The maximum absolute atomic E-state index is 13.0. The molecular formula is C20H24N2O2S. The lowest BCUT2D eigenvalue weighted by Crippen LogP contribution is -2.48. The maximum Gasteiger partial charge on any atom is 0.256 e. The molecule has 2 atom stereocenters. The summed E-state index contributed by atoms with van der Waals surface area (Å²) in [5, 5.41) is 0.752. The van der Waals surface area contributed by atoms with Gasteiger partial charge in [-0.15, -0.1) is 0 Å². The Morgan fingerprint density at radius 3 is 2.56 bits per heavy atom. The van der Waals surface area contributed by atoms with E-state index in [1.807, 2.05) is 30.9 Å². The first-order chi connectivity index (χ1) is 11.9. The average molecular weight is 356 g/mol. The van der Waals surface area contributed by atoms with Gasteiger partial charge in [0.2, 0.25) is 0 Å². The number of benzene rings is 1. The second-order valence-electron chi connectivity index (χ2n) is 6.67. The van der Waals surface area contributed by atoms with Crippen molar-refractivity contribution in [2.45, 2.75) is 49.8 Å². The third-order valence-electron chi connectivity index (χ3n) is 4.40. The van der Waals surface area contributed by atoms with Gasteiger partial charge in [0.25, 0.3) is 5.91 Å². The number of aryl methyl sites for hydroxylation is 2. The lowest BCUT2D eigenvalue weighted by molar-refractivity contribution is -0.0587. The molecule has 132 valence electrons. The van der Waals surface area contributed by atoms with Gasteiger partial charge in [0, 0.05) is 24.2 Å². The summed E-state index contributed by atoms with van der Waals surface area (Å²) >= 11 is 1.54. The van der Waals surface area contributed by atoms with E-state index in [0.717, 1.165) is 9.92 Å². The third-order valence-corrected chi connectivity index (χ3v) is 5.41. The maximum atomic E-state index is 13.0. The van der Waals surface area contributed by atoms with Crippen LogP contribution in [0.15, 0.2) is 46.5 Å². The molecule has 1 aromatic carbocycles. The minimum atomic E-state index is 0.0291. The smallest absolute Gasteiger partial charge is 0.256 e. The number of amides is 1. The highest BCUT2D eigenvalue weighted by Crippen LogP contribution is 2.31. The number of hydrogen-bond donors (Lipinski definition) is 0. The van der Waals surface area contributed by atoms with Crippen molar-refractivity contribution in [2.24, 2.45) is 0 Å². The van der Waals surface area contributed by atoms with Crippen molar-refractivity contribution in [1.29, 1.82) is 0 Å². The Kier molecular flexibility index (Phi) is 5.45. The lowest BCUT2D eigenvalue weighted by Gasteiger charge is -2.35. The van der Waals surface area contributed by atoms with Crippen LogP contribution in [-0.2, 0) is 4.74 Å². The summed E-state index contributed by atoms with van der Waals surface area (Å²) in [5.41, 5.74) is 3.16. The summed E-state index contributed by atoms with van der Waals surface area (Å²) in [6, 6.07) is 10.0. The first kappa shape index (κ1) is 18.0. The van der Waals surface area contributed by atoms with E-state index in [1.165, 1.54) is 11.1 Å². The third kappa shape index (κ3) is 4.22. The Hall–Kier alpha value is -1.85. The molecule has 0 radical (unpaired) electrons. The Labute approximate surface area is 153 Å². The molecule has 3 rings (SSSR count). The van der Waals surface area contributed by atoms with Gasteiger partial charge in [-0.3, -0.25) is 4.79 Å². The number of hydrogen-bond acceptors (Lipinski definition) is 4. The van der Waals surface area contributed by atoms with Gasteiger partial charge in [-0.05, 0) is 63.1 Å². The Morgan fingerprint density at radius 2 is 1.88 bits per heavy atom. The van der Waals surface area contributed by atoms with Crippen LogP contribution in [0, 0.1) is 13.8 Å². The second kappa shape index (κ2) is 7.58. The van der Waals surface area contributed by atoms with E-state index in [0.29, 0.717) is 18.7 Å². The predicted octanol–water partition coefficient (Wildman–Crippen LogP) is 4.10. The molecule has 0 spiro atoms. The van der Waals surface area contributed by atoms with Crippen LogP contribution < -0.4 is 0 Å². The number of carbonyl (C=O) groups is 1. The van der Waals surface area contributed by atoms with E-state index in [-0.39, 0.29) is 18.1 Å². The predicted molar refractivity (Wildman–Crippen MR) is 100 cm³/mol. The van der Waals surface area contributed by atoms with Crippen LogP contribution >= 0.6 is 11.8 Å². The van der Waals surface area contributed by atoms with Crippen LogP contribution in [0.25, 0.3) is 0 Å². The fourth-order valence-electron chi connectivity index (χ4n) is 3.04. The average Bonchev–Trinajstić information content (AvgIpc) is 2.57. The number of nitrogens with zero attached hydrogens (tertiary/aromatic N) is 2. The number of pyridine rings is 1. The van der Waals surface area contributed by atoms with Crippen LogP contribution in [0.3, 0.4) is 0 Å². The number of carbonyl (C=O) groups excluding carboxylic acids is 1. The minimum absolute atomic E-state index is 0.0291. The van der Waals surface area contributed by atoms with E-state index in [2.05, 4.69) is 37.0 Å².